The number of benzene rings is 1. The predicted molar refractivity (Wildman–Crippen MR) is 70.8 cm³/mol. The van der Waals surface area contributed by atoms with E-state index in [1.54, 1.807) is 6.07 Å². The van der Waals surface area contributed by atoms with Crippen molar-refractivity contribution in [2.75, 3.05) is 5.73 Å². The van der Waals surface area contributed by atoms with E-state index >= 15 is 0 Å². The number of nitrogen functional groups attached to an aromatic ring is 1. The summed E-state index contributed by atoms with van der Waals surface area (Å²) in [5.41, 5.74) is 7.47. The van der Waals surface area contributed by atoms with Crippen molar-refractivity contribution in [2.24, 2.45) is 0 Å². The van der Waals surface area contributed by atoms with Crippen LogP contribution in [0.1, 0.15) is 28.5 Å². The molecular formula is C12H10BrFN2S. The molecule has 1 unspecified atom stereocenters. The van der Waals surface area contributed by atoms with Gasteiger partial charge in [0.15, 0.2) is 5.13 Å². The summed E-state index contributed by atoms with van der Waals surface area (Å²) >= 11 is 4.91. The number of hydrogen-bond acceptors (Lipinski definition) is 3. The SMILES string of the molecule is Nc1nc2c(s1)C(c1c(F)cccc1Br)CC2. The number of hydrogen-bond donors (Lipinski definition) is 1. The molecule has 0 fully saturated rings. The van der Waals surface area contributed by atoms with E-state index in [1.165, 1.54) is 17.4 Å². The topological polar surface area (TPSA) is 38.9 Å². The third kappa shape index (κ3) is 1.77. The molecule has 2 nitrogen and oxygen atoms in total. The highest BCUT2D eigenvalue weighted by atomic mass is 79.9. The molecule has 1 aliphatic carbocycles. The van der Waals surface area contributed by atoms with Gasteiger partial charge in [-0.05, 0) is 25.0 Å². The van der Waals surface area contributed by atoms with Gasteiger partial charge < -0.3 is 5.73 Å². The zero-order valence-electron chi connectivity index (χ0n) is 8.91. The first kappa shape index (κ1) is 11.2. The lowest BCUT2D eigenvalue weighted by Gasteiger charge is -2.13. The van der Waals surface area contributed by atoms with Gasteiger partial charge in [-0.3, -0.25) is 0 Å². The molecule has 0 bridgehead atoms. The number of fused-ring (bicyclic) bond motifs is 1. The molecule has 88 valence electrons. The van der Waals surface area contributed by atoms with Crippen LogP contribution in [0.2, 0.25) is 0 Å². The number of nitrogens with two attached hydrogens (primary N) is 1. The Labute approximate surface area is 111 Å². The highest BCUT2D eigenvalue weighted by molar-refractivity contribution is 9.10. The first-order valence-corrected chi connectivity index (χ1v) is 6.96. The summed E-state index contributed by atoms with van der Waals surface area (Å²) in [5.74, 6) is -0.0698. The molecule has 2 aromatic rings. The Balaban J connectivity index is 2.12. The van der Waals surface area contributed by atoms with Crippen LogP contribution in [0.25, 0.3) is 0 Å². The summed E-state index contributed by atoms with van der Waals surface area (Å²) in [6, 6.07) is 5.09. The van der Waals surface area contributed by atoms with Crippen LogP contribution >= 0.6 is 27.3 Å². The average Bonchev–Trinajstić information content (AvgIpc) is 2.78. The van der Waals surface area contributed by atoms with Crippen LogP contribution in [0.15, 0.2) is 22.7 Å². The van der Waals surface area contributed by atoms with Gasteiger partial charge in [0.25, 0.3) is 0 Å². The molecule has 1 aromatic heterocycles. The zero-order chi connectivity index (χ0) is 12.0. The van der Waals surface area contributed by atoms with Crippen LogP contribution < -0.4 is 5.73 Å². The van der Waals surface area contributed by atoms with Gasteiger partial charge in [0, 0.05) is 20.8 Å². The van der Waals surface area contributed by atoms with Crippen LogP contribution in [-0.2, 0) is 6.42 Å². The fourth-order valence-corrected chi connectivity index (χ4v) is 4.01. The van der Waals surface area contributed by atoms with Gasteiger partial charge in [0.2, 0.25) is 0 Å². The molecule has 5 heteroatoms. The molecule has 1 aromatic carbocycles. The molecule has 3 rings (SSSR count). The van der Waals surface area contributed by atoms with Gasteiger partial charge in [0.05, 0.1) is 5.69 Å². The number of thiazole rings is 1. The fourth-order valence-electron chi connectivity index (χ4n) is 2.37. The van der Waals surface area contributed by atoms with Gasteiger partial charge in [-0.15, -0.1) is 11.3 Å². The van der Waals surface area contributed by atoms with Crippen molar-refractivity contribution in [3.8, 4) is 0 Å². The third-order valence-corrected chi connectivity index (χ3v) is 4.81. The number of aryl methyl sites for hydroxylation is 1. The zero-order valence-corrected chi connectivity index (χ0v) is 11.3. The summed E-state index contributed by atoms with van der Waals surface area (Å²) in [7, 11) is 0. The standard InChI is InChI=1S/C12H10BrFN2S/c13-7-2-1-3-8(14)10(7)6-4-5-9-11(6)17-12(15)16-9/h1-3,6H,4-5H2,(H2,15,16). The van der Waals surface area contributed by atoms with Gasteiger partial charge in [-0.25, -0.2) is 9.37 Å². The van der Waals surface area contributed by atoms with E-state index in [1.807, 2.05) is 6.07 Å². The highest BCUT2D eigenvalue weighted by Gasteiger charge is 2.30. The van der Waals surface area contributed by atoms with Crippen molar-refractivity contribution in [3.63, 3.8) is 0 Å². The lowest BCUT2D eigenvalue weighted by Crippen LogP contribution is -1.99. The van der Waals surface area contributed by atoms with E-state index in [0.29, 0.717) is 5.13 Å². The molecule has 0 saturated heterocycles. The Morgan fingerprint density at radius 3 is 3.06 bits per heavy atom. The molecule has 1 atom stereocenters. The molecule has 1 heterocycles. The van der Waals surface area contributed by atoms with E-state index < -0.39 is 0 Å². The molecule has 0 radical (unpaired) electrons. The van der Waals surface area contributed by atoms with E-state index in [0.717, 1.165) is 33.4 Å². The van der Waals surface area contributed by atoms with E-state index in [4.69, 9.17) is 5.73 Å². The molecule has 0 amide bonds. The number of aromatic nitrogens is 1. The lowest BCUT2D eigenvalue weighted by atomic mass is 9.98. The number of halogens is 2. The smallest absolute Gasteiger partial charge is 0.180 e. The molecule has 2 N–H and O–H groups in total. The Morgan fingerprint density at radius 1 is 1.47 bits per heavy atom. The quantitative estimate of drug-likeness (QED) is 0.872. The maximum atomic E-state index is 13.9. The summed E-state index contributed by atoms with van der Waals surface area (Å²) in [6.07, 6.45) is 1.79. The first-order valence-electron chi connectivity index (χ1n) is 5.36. The van der Waals surface area contributed by atoms with Crippen molar-refractivity contribution >= 4 is 32.4 Å². The maximum Gasteiger partial charge on any atom is 0.180 e. The summed E-state index contributed by atoms with van der Waals surface area (Å²) in [5, 5.41) is 0.576. The minimum absolute atomic E-state index is 0.0929. The van der Waals surface area contributed by atoms with E-state index in [2.05, 4.69) is 20.9 Å². The Kier molecular flexibility index (Phi) is 2.67. The summed E-state index contributed by atoms with van der Waals surface area (Å²) in [6.45, 7) is 0. The predicted octanol–water partition coefficient (Wildman–Crippen LogP) is 3.71. The van der Waals surface area contributed by atoms with Crippen LogP contribution in [0, 0.1) is 5.82 Å². The molecule has 0 aliphatic heterocycles. The van der Waals surface area contributed by atoms with Gasteiger partial charge >= 0.3 is 0 Å². The molecule has 1 aliphatic rings. The maximum absolute atomic E-state index is 13.9. The van der Waals surface area contributed by atoms with Gasteiger partial charge in [-0.2, -0.15) is 0 Å². The Morgan fingerprint density at radius 2 is 2.29 bits per heavy atom. The lowest BCUT2D eigenvalue weighted by molar-refractivity contribution is 0.594. The summed E-state index contributed by atoms with van der Waals surface area (Å²) < 4.78 is 14.7. The first-order chi connectivity index (χ1) is 8.16. The van der Waals surface area contributed by atoms with E-state index in [-0.39, 0.29) is 11.7 Å². The van der Waals surface area contributed by atoms with Gasteiger partial charge in [0.1, 0.15) is 5.82 Å². The second-order valence-electron chi connectivity index (χ2n) is 4.09. The Hall–Kier alpha value is -0.940. The second kappa shape index (κ2) is 4.07. The number of nitrogens with zero attached hydrogens (tertiary/aromatic N) is 1. The van der Waals surface area contributed by atoms with Crippen molar-refractivity contribution in [3.05, 3.63) is 44.6 Å². The van der Waals surface area contributed by atoms with Crippen LogP contribution in [-0.4, -0.2) is 4.98 Å². The summed E-state index contributed by atoms with van der Waals surface area (Å²) in [4.78, 5) is 5.40. The van der Waals surface area contributed by atoms with Crippen LogP contribution in [0.3, 0.4) is 0 Å². The largest absolute Gasteiger partial charge is 0.375 e. The molecule has 0 spiro atoms. The Bertz CT molecular complexity index is 562. The average molecular weight is 313 g/mol. The minimum atomic E-state index is -0.163. The molecular weight excluding hydrogens is 303 g/mol. The van der Waals surface area contributed by atoms with Crippen molar-refractivity contribution in [1.29, 1.82) is 0 Å². The van der Waals surface area contributed by atoms with Crippen molar-refractivity contribution in [2.45, 2.75) is 18.8 Å². The van der Waals surface area contributed by atoms with Crippen molar-refractivity contribution < 1.29 is 4.39 Å². The minimum Gasteiger partial charge on any atom is -0.375 e. The van der Waals surface area contributed by atoms with Crippen molar-refractivity contribution in [1.82, 2.24) is 4.98 Å². The number of rotatable bonds is 1. The normalized spacial score (nSPS) is 18.4. The van der Waals surface area contributed by atoms with E-state index in [9.17, 15) is 4.39 Å². The second-order valence-corrected chi connectivity index (χ2v) is 6.01. The van der Waals surface area contributed by atoms with Crippen LogP contribution in [0.5, 0.6) is 0 Å². The fraction of sp³-hybridized carbons (Fsp3) is 0.250. The monoisotopic (exact) mass is 312 g/mol. The van der Waals surface area contributed by atoms with Gasteiger partial charge in [-0.1, -0.05) is 22.0 Å². The van der Waals surface area contributed by atoms with Crippen LogP contribution in [0.4, 0.5) is 9.52 Å². The molecule has 17 heavy (non-hydrogen) atoms. The highest BCUT2D eigenvalue weighted by Crippen LogP contribution is 2.44. The number of anilines is 1. The molecule has 0 saturated carbocycles. The third-order valence-electron chi connectivity index (χ3n) is 3.08.